The molecule has 1 aromatic rings. The molecule has 1 heterocycles. The number of hydrogen-bond donors (Lipinski definition) is 2. The van der Waals surface area contributed by atoms with Crippen LogP contribution in [0, 0.1) is 0 Å². The minimum atomic E-state index is -0.0532. The normalized spacial score (nSPS) is 19.1. The number of aryl methyl sites for hydroxylation is 1. The highest BCUT2D eigenvalue weighted by Gasteiger charge is 2.11. The summed E-state index contributed by atoms with van der Waals surface area (Å²) < 4.78 is 0. The van der Waals surface area contributed by atoms with Gasteiger partial charge in [0.05, 0.1) is 0 Å². The first-order valence-electron chi connectivity index (χ1n) is 9.14. The zero-order chi connectivity index (χ0) is 15.6. The lowest BCUT2D eigenvalue weighted by Crippen LogP contribution is -2.23. The number of hydrogen-bond acceptors (Lipinski definition) is 3. The fourth-order valence-corrected chi connectivity index (χ4v) is 3.26. The molecule has 124 valence electrons. The topological polar surface area (TPSA) is 57.8 Å². The van der Waals surface area contributed by atoms with Gasteiger partial charge in [-0.15, -0.1) is 0 Å². The smallest absolute Gasteiger partial charge is 0.252 e. The van der Waals surface area contributed by atoms with Gasteiger partial charge in [0.2, 0.25) is 5.95 Å². The first kappa shape index (κ1) is 17.0. The number of rotatable bonds is 3. The highest BCUT2D eigenvalue weighted by Crippen LogP contribution is 2.18. The fourth-order valence-electron chi connectivity index (χ4n) is 3.26. The van der Waals surface area contributed by atoms with Crippen LogP contribution in [0.4, 0.5) is 5.95 Å². The Morgan fingerprint density at radius 3 is 2.14 bits per heavy atom. The molecule has 4 nitrogen and oxygen atoms in total. The second kappa shape index (κ2) is 9.65. The molecule has 0 aromatic carbocycles. The molecule has 2 rings (SSSR count). The summed E-state index contributed by atoms with van der Waals surface area (Å²) >= 11 is 0. The van der Waals surface area contributed by atoms with Crippen molar-refractivity contribution in [1.29, 1.82) is 0 Å². The predicted molar refractivity (Wildman–Crippen MR) is 92.4 cm³/mol. The first-order chi connectivity index (χ1) is 10.8. The van der Waals surface area contributed by atoms with Crippen LogP contribution in [0.2, 0.25) is 0 Å². The molecular formula is C18H31N3O. The molecule has 0 spiro atoms. The summed E-state index contributed by atoms with van der Waals surface area (Å²) in [6.45, 7) is 2.03. The van der Waals surface area contributed by atoms with Gasteiger partial charge < -0.3 is 5.32 Å². The van der Waals surface area contributed by atoms with Crippen molar-refractivity contribution in [3.8, 4) is 0 Å². The third-order valence-electron chi connectivity index (χ3n) is 4.60. The molecule has 0 radical (unpaired) electrons. The van der Waals surface area contributed by atoms with Crippen molar-refractivity contribution in [2.75, 3.05) is 5.32 Å². The monoisotopic (exact) mass is 305 g/mol. The quantitative estimate of drug-likeness (QED) is 0.869. The Bertz CT molecular complexity index is 471. The first-order valence-corrected chi connectivity index (χ1v) is 9.14. The minimum absolute atomic E-state index is 0.0532. The van der Waals surface area contributed by atoms with E-state index in [1.54, 1.807) is 6.07 Å². The molecule has 0 amide bonds. The van der Waals surface area contributed by atoms with Crippen LogP contribution in [0.1, 0.15) is 83.2 Å². The van der Waals surface area contributed by atoms with Gasteiger partial charge in [0.1, 0.15) is 0 Å². The van der Waals surface area contributed by atoms with Crippen LogP contribution in [-0.2, 0) is 6.42 Å². The molecular weight excluding hydrogens is 274 g/mol. The minimum Gasteiger partial charge on any atom is -0.353 e. The maximum absolute atomic E-state index is 11.7. The Morgan fingerprint density at radius 2 is 1.59 bits per heavy atom. The summed E-state index contributed by atoms with van der Waals surface area (Å²) in [5.74, 6) is 0.654. The average molecular weight is 305 g/mol. The molecule has 22 heavy (non-hydrogen) atoms. The van der Waals surface area contributed by atoms with Gasteiger partial charge in [-0.2, -0.15) is 0 Å². The van der Waals surface area contributed by atoms with E-state index < -0.39 is 0 Å². The van der Waals surface area contributed by atoms with E-state index in [1.807, 2.05) is 6.92 Å². The molecule has 0 unspecified atom stereocenters. The van der Waals surface area contributed by atoms with Crippen LogP contribution in [0.5, 0.6) is 0 Å². The van der Waals surface area contributed by atoms with Crippen LogP contribution in [0.15, 0.2) is 10.9 Å². The van der Waals surface area contributed by atoms with Gasteiger partial charge in [0, 0.05) is 17.8 Å². The largest absolute Gasteiger partial charge is 0.353 e. The Kier molecular flexibility index (Phi) is 7.47. The average Bonchev–Trinajstić information content (AvgIpc) is 2.49. The number of nitrogens with zero attached hydrogens (tertiary/aromatic N) is 1. The molecule has 1 aliphatic carbocycles. The Balaban J connectivity index is 1.94. The number of aromatic nitrogens is 2. The Hall–Kier alpha value is -1.32. The van der Waals surface area contributed by atoms with Crippen molar-refractivity contribution < 1.29 is 0 Å². The maximum Gasteiger partial charge on any atom is 0.252 e. The van der Waals surface area contributed by atoms with Crippen LogP contribution in [0.3, 0.4) is 0 Å². The third-order valence-corrected chi connectivity index (χ3v) is 4.60. The zero-order valence-corrected chi connectivity index (χ0v) is 14.0. The van der Waals surface area contributed by atoms with E-state index in [9.17, 15) is 4.79 Å². The summed E-state index contributed by atoms with van der Waals surface area (Å²) in [7, 11) is 0. The molecule has 1 aliphatic rings. The van der Waals surface area contributed by atoms with Crippen molar-refractivity contribution in [2.24, 2.45) is 0 Å². The second-order valence-electron chi connectivity index (χ2n) is 6.54. The van der Waals surface area contributed by atoms with E-state index in [0.717, 1.165) is 12.1 Å². The summed E-state index contributed by atoms with van der Waals surface area (Å²) in [5.41, 5.74) is 0.807. The zero-order valence-electron chi connectivity index (χ0n) is 14.0. The van der Waals surface area contributed by atoms with Gasteiger partial charge in [-0.1, -0.05) is 64.7 Å². The lowest BCUT2D eigenvalue weighted by molar-refractivity contribution is 0.478. The van der Waals surface area contributed by atoms with Gasteiger partial charge in [0.25, 0.3) is 5.56 Å². The lowest BCUT2D eigenvalue weighted by atomic mass is 9.98. The van der Waals surface area contributed by atoms with Crippen molar-refractivity contribution >= 4 is 5.95 Å². The van der Waals surface area contributed by atoms with E-state index in [4.69, 9.17) is 0 Å². The molecule has 0 bridgehead atoms. The van der Waals surface area contributed by atoms with Gasteiger partial charge >= 0.3 is 0 Å². The van der Waals surface area contributed by atoms with E-state index in [2.05, 4.69) is 15.3 Å². The van der Waals surface area contributed by atoms with Crippen LogP contribution in [0.25, 0.3) is 0 Å². The molecule has 4 heteroatoms. The number of H-pyrrole nitrogens is 1. The summed E-state index contributed by atoms with van der Waals surface area (Å²) in [6.07, 6.45) is 15.3. The molecule has 0 saturated heterocycles. The van der Waals surface area contributed by atoms with E-state index >= 15 is 0 Å². The molecule has 1 aromatic heterocycles. The highest BCUT2D eigenvalue weighted by molar-refractivity contribution is 5.26. The summed E-state index contributed by atoms with van der Waals surface area (Å²) in [6, 6.07) is 2.03. The number of nitrogens with one attached hydrogen (secondary N) is 2. The van der Waals surface area contributed by atoms with Crippen LogP contribution in [-0.4, -0.2) is 16.0 Å². The van der Waals surface area contributed by atoms with Crippen molar-refractivity contribution in [1.82, 2.24) is 9.97 Å². The van der Waals surface area contributed by atoms with E-state index in [-0.39, 0.29) is 5.56 Å². The number of anilines is 1. The molecule has 1 fully saturated rings. The lowest BCUT2D eigenvalue weighted by Gasteiger charge is -2.20. The predicted octanol–water partition coefficient (Wildman–Crippen LogP) is 4.42. The van der Waals surface area contributed by atoms with E-state index in [0.29, 0.717) is 12.0 Å². The number of aromatic amines is 1. The van der Waals surface area contributed by atoms with Crippen molar-refractivity contribution in [3.63, 3.8) is 0 Å². The van der Waals surface area contributed by atoms with E-state index in [1.165, 1.54) is 70.6 Å². The SMILES string of the molecule is CCc1cc(=O)[nH]c(NC2CCCCCCCCCCC2)n1. The molecule has 1 saturated carbocycles. The highest BCUT2D eigenvalue weighted by atomic mass is 16.1. The van der Waals surface area contributed by atoms with Crippen molar-refractivity contribution in [3.05, 3.63) is 22.1 Å². The maximum atomic E-state index is 11.7. The van der Waals surface area contributed by atoms with Gasteiger partial charge in [-0.25, -0.2) is 4.98 Å². The Labute approximate surface area is 134 Å². The standard InChI is InChI=1S/C18H31N3O/c1-2-15-14-17(22)21-18(19-15)20-16-12-10-8-6-4-3-5-7-9-11-13-16/h14,16H,2-13H2,1H3,(H2,19,20,21,22). The fraction of sp³-hybridized carbons (Fsp3) is 0.778. The van der Waals surface area contributed by atoms with Gasteiger partial charge in [-0.05, 0) is 19.3 Å². The molecule has 0 aliphatic heterocycles. The summed E-state index contributed by atoms with van der Waals surface area (Å²) in [4.78, 5) is 19.0. The van der Waals surface area contributed by atoms with Gasteiger partial charge in [0.15, 0.2) is 0 Å². The molecule has 2 N–H and O–H groups in total. The molecule has 0 atom stereocenters. The van der Waals surface area contributed by atoms with Gasteiger partial charge in [-0.3, -0.25) is 9.78 Å². The second-order valence-corrected chi connectivity index (χ2v) is 6.54. The Morgan fingerprint density at radius 1 is 1.05 bits per heavy atom. The van der Waals surface area contributed by atoms with Crippen molar-refractivity contribution in [2.45, 2.75) is 90.0 Å². The van der Waals surface area contributed by atoms with Crippen LogP contribution < -0.4 is 10.9 Å². The summed E-state index contributed by atoms with van der Waals surface area (Å²) in [5, 5.41) is 3.48. The third kappa shape index (κ3) is 6.20. The van der Waals surface area contributed by atoms with Crippen LogP contribution >= 0.6 is 0 Å².